The van der Waals surface area contributed by atoms with Crippen molar-refractivity contribution in [1.29, 1.82) is 0 Å². The zero-order chi connectivity index (χ0) is 19.4. The van der Waals surface area contributed by atoms with E-state index >= 15 is 0 Å². The molecule has 138 valence electrons. The molecule has 0 saturated heterocycles. The molecule has 27 heavy (non-hydrogen) atoms. The number of aryl methyl sites for hydroxylation is 2. The van der Waals surface area contributed by atoms with E-state index in [1.807, 2.05) is 62.4 Å². The van der Waals surface area contributed by atoms with Crippen molar-refractivity contribution in [2.24, 2.45) is 0 Å². The van der Waals surface area contributed by atoms with Crippen LogP contribution >= 0.6 is 0 Å². The van der Waals surface area contributed by atoms with Crippen LogP contribution in [0.4, 0.5) is 23.0 Å². The first-order chi connectivity index (χ1) is 12.9. The summed E-state index contributed by atoms with van der Waals surface area (Å²) < 4.78 is 0. The first kappa shape index (κ1) is 18.3. The van der Waals surface area contributed by atoms with Gasteiger partial charge in [0.25, 0.3) is 0 Å². The molecule has 0 aliphatic heterocycles. The summed E-state index contributed by atoms with van der Waals surface area (Å²) >= 11 is 0. The number of hydrogen-bond acceptors (Lipinski definition) is 6. The van der Waals surface area contributed by atoms with Crippen molar-refractivity contribution in [2.75, 3.05) is 17.3 Å². The third kappa shape index (κ3) is 4.38. The first-order valence-corrected chi connectivity index (χ1v) is 8.54. The van der Waals surface area contributed by atoms with Crippen LogP contribution in [-0.4, -0.2) is 21.9 Å². The van der Waals surface area contributed by atoms with E-state index in [0.29, 0.717) is 6.54 Å². The maximum absolute atomic E-state index is 11.8. The van der Waals surface area contributed by atoms with Crippen molar-refractivity contribution >= 4 is 23.0 Å². The van der Waals surface area contributed by atoms with Crippen LogP contribution in [0.3, 0.4) is 0 Å². The number of aromatic nitrogens is 2. The van der Waals surface area contributed by atoms with Gasteiger partial charge in [-0.15, -0.1) is 0 Å². The highest BCUT2D eigenvalue weighted by Gasteiger charge is 2.25. The highest BCUT2D eigenvalue weighted by molar-refractivity contribution is 5.74. The second-order valence-corrected chi connectivity index (χ2v) is 6.49. The van der Waals surface area contributed by atoms with Crippen LogP contribution in [0.2, 0.25) is 0 Å². The zero-order valence-corrected chi connectivity index (χ0v) is 15.5. The molecule has 0 atom stereocenters. The maximum atomic E-state index is 11.8. The molecule has 0 aliphatic carbocycles. The van der Waals surface area contributed by atoms with Crippen LogP contribution in [0, 0.1) is 24.0 Å². The third-order valence-corrected chi connectivity index (χ3v) is 4.09. The Balaban J connectivity index is 1.96. The number of nitrogens with zero attached hydrogens (tertiary/aromatic N) is 4. The van der Waals surface area contributed by atoms with Gasteiger partial charge in [-0.05, 0) is 42.7 Å². The topological polar surface area (TPSA) is 84.2 Å². The van der Waals surface area contributed by atoms with E-state index in [9.17, 15) is 10.1 Å². The summed E-state index contributed by atoms with van der Waals surface area (Å²) in [6.07, 6.45) is 1.34. The molecule has 0 saturated carbocycles. The van der Waals surface area contributed by atoms with Crippen LogP contribution in [-0.2, 0) is 6.54 Å². The normalized spacial score (nSPS) is 10.5. The average molecular weight is 363 g/mol. The molecule has 2 aromatic carbocycles. The van der Waals surface area contributed by atoms with Gasteiger partial charge in [0.2, 0.25) is 11.6 Å². The first-order valence-electron chi connectivity index (χ1n) is 8.54. The highest BCUT2D eigenvalue weighted by Crippen LogP contribution is 2.33. The minimum atomic E-state index is -0.443. The molecular formula is C20H21N5O2. The lowest BCUT2D eigenvalue weighted by atomic mass is 10.1. The Labute approximate surface area is 157 Å². The van der Waals surface area contributed by atoms with Crippen LogP contribution in [0.5, 0.6) is 0 Å². The second kappa shape index (κ2) is 7.82. The highest BCUT2D eigenvalue weighted by atomic mass is 16.6. The lowest BCUT2D eigenvalue weighted by Crippen LogP contribution is -2.20. The Morgan fingerprint density at radius 1 is 1.07 bits per heavy atom. The van der Waals surface area contributed by atoms with Gasteiger partial charge in [0.05, 0.1) is 4.92 Å². The van der Waals surface area contributed by atoms with E-state index in [1.54, 1.807) is 11.9 Å². The van der Waals surface area contributed by atoms with E-state index in [0.717, 1.165) is 22.4 Å². The summed E-state index contributed by atoms with van der Waals surface area (Å²) in [5.41, 5.74) is 3.78. The predicted octanol–water partition coefficient (Wildman–Crippen LogP) is 4.38. The molecule has 0 fully saturated rings. The fourth-order valence-electron chi connectivity index (χ4n) is 3.02. The lowest BCUT2D eigenvalue weighted by molar-refractivity contribution is -0.383. The van der Waals surface area contributed by atoms with Gasteiger partial charge in [-0.3, -0.25) is 10.1 Å². The Bertz CT molecular complexity index is 940. The molecule has 0 radical (unpaired) electrons. The molecular weight excluding hydrogens is 342 g/mol. The maximum Gasteiger partial charge on any atom is 0.353 e. The fourth-order valence-corrected chi connectivity index (χ4v) is 3.02. The summed E-state index contributed by atoms with van der Waals surface area (Å²) in [5.74, 6) is 0.445. The third-order valence-electron chi connectivity index (χ3n) is 4.09. The monoisotopic (exact) mass is 363 g/mol. The minimum Gasteiger partial charge on any atom is -0.349 e. The Morgan fingerprint density at radius 3 is 2.37 bits per heavy atom. The van der Waals surface area contributed by atoms with Gasteiger partial charge in [0, 0.05) is 19.3 Å². The fraction of sp³-hybridized carbons (Fsp3) is 0.200. The number of hydrogen-bond donors (Lipinski definition) is 1. The SMILES string of the molecule is Cc1cc(C)cc(Nc2ncnc(N(C)Cc3ccccc3)c2[N+](=O)[O-])c1. The standard InChI is InChI=1S/C20H21N5O2/c1-14-9-15(2)11-17(10-14)23-19-18(25(26)27)20(22-13-21-19)24(3)12-16-7-5-4-6-8-16/h4-11,13H,12H2,1-3H3,(H,21,22,23). The summed E-state index contributed by atoms with van der Waals surface area (Å²) in [6.45, 7) is 4.46. The number of benzene rings is 2. The van der Waals surface area contributed by atoms with E-state index in [-0.39, 0.29) is 17.3 Å². The van der Waals surface area contributed by atoms with E-state index < -0.39 is 4.92 Å². The summed E-state index contributed by atoms with van der Waals surface area (Å²) in [6, 6.07) is 15.6. The van der Waals surface area contributed by atoms with Crippen LogP contribution < -0.4 is 10.2 Å². The molecule has 1 N–H and O–H groups in total. The number of anilines is 3. The molecule has 0 spiro atoms. The van der Waals surface area contributed by atoms with Crippen molar-refractivity contribution in [3.63, 3.8) is 0 Å². The Morgan fingerprint density at radius 2 is 1.74 bits per heavy atom. The Kier molecular flexibility index (Phi) is 5.30. The lowest BCUT2D eigenvalue weighted by Gasteiger charge is -2.19. The van der Waals surface area contributed by atoms with Gasteiger partial charge in [-0.25, -0.2) is 9.97 Å². The van der Waals surface area contributed by atoms with Crippen LogP contribution in [0.1, 0.15) is 16.7 Å². The Hall–Kier alpha value is -3.48. The van der Waals surface area contributed by atoms with E-state index in [2.05, 4.69) is 15.3 Å². The second-order valence-electron chi connectivity index (χ2n) is 6.49. The molecule has 3 rings (SSSR count). The predicted molar refractivity (Wildman–Crippen MR) is 106 cm³/mol. The molecule has 7 nitrogen and oxygen atoms in total. The number of nitro groups is 1. The molecule has 0 unspecified atom stereocenters. The molecule has 1 heterocycles. The molecule has 7 heteroatoms. The summed E-state index contributed by atoms with van der Waals surface area (Å²) in [4.78, 5) is 21.4. The van der Waals surface area contributed by atoms with Gasteiger partial charge >= 0.3 is 5.69 Å². The van der Waals surface area contributed by atoms with Crippen LogP contribution in [0.25, 0.3) is 0 Å². The van der Waals surface area contributed by atoms with Gasteiger partial charge in [-0.2, -0.15) is 0 Å². The smallest absolute Gasteiger partial charge is 0.349 e. The largest absolute Gasteiger partial charge is 0.353 e. The molecule has 0 bridgehead atoms. The quantitative estimate of drug-likeness (QED) is 0.517. The van der Waals surface area contributed by atoms with Crippen molar-refractivity contribution in [3.8, 4) is 0 Å². The number of rotatable bonds is 6. The van der Waals surface area contributed by atoms with Crippen molar-refractivity contribution < 1.29 is 4.92 Å². The average Bonchev–Trinajstić information content (AvgIpc) is 2.61. The zero-order valence-electron chi connectivity index (χ0n) is 15.5. The molecule has 3 aromatic rings. The van der Waals surface area contributed by atoms with E-state index in [4.69, 9.17) is 0 Å². The molecule has 1 aromatic heterocycles. The molecule has 0 amide bonds. The minimum absolute atomic E-state index is 0.143. The van der Waals surface area contributed by atoms with Crippen LogP contribution in [0.15, 0.2) is 54.9 Å². The van der Waals surface area contributed by atoms with Gasteiger partial charge < -0.3 is 10.2 Å². The van der Waals surface area contributed by atoms with Crippen molar-refractivity contribution in [1.82, 2.24) is 9.97 Å². The van der Waals surface area contributed by atoms with Crippen molar-refractivity contribution in [2.45, 2.75) is 20.4 Å². The van der Waals surface area contributed by atoms with E-state index in [1.165, 1.54) is 6.33 Å². The number of nitrogens with one attached hydrogen (secondary N) is 1. The van der Waals surface area contributed by atoms with Gasteiger partial charge in [-0.1, -0.05) is 36.4 Å². The van der Waals surface area contributed by atoms with Crippen molar-refractivity contribution in [3.05, 3.63) is 81.7 Å². The van der Waals surface area contributed by atoms with Gasteiger partial charge in [0.15, 0.2) is 0 Å². The van der Waals surface area contributed by atoms with Gasteiger partial charge in [0.1, 0.15) is 6.33 Å². The molecule has 0 aliphatic rings. The summed E-state index contributed by atoms with van der Waals surface area (Å²) in [7, 11) is 1.78. The summed E-state index contributed by atoms with van der Waals surface area (Å²) in [5, 5.41) is 14.9.